The highest BCUT2D eigenvalue weighted by molar-refractivity contribution is 7.47. The summed E-state index contributed by atoms with van der Waals surface area (Å²) < 4.78 is 55.2. The number of phosphoric acid groups is 1. The molecule has 31 heavy (non-hydrogen) atoms. The van der Waals surface area contributed by atoms with Crippen LogP contribution in [0.4, 0.5) is 0 Å². The minimum absolute atomic E-state index is 0.131. The molecule has 10 heteroatoms. The molecule has 186 valence electrons. The molecule has 0 amide bonds. The highest BCUT2D eigenvalue weighted by Crippen LogP contribution is 2.43. The van der Waals surface area contributed by atoms with Gasteiger partial charge >= 0.3 is 13.8 Å². The first-order chi connectivity index (χ1) is 16.3. The van der Waals surface area contributed by atoms with Crippen molar-refractivity contribution in [2.75, 3.05) is 26.3 Å². The number of aliphatic hydroxyl groups is 3. The van der Waals surface area contributed by atoms with Crippen LogP contribution in [0.25, 0.3) is 0 Å². The summed E-state index contributed by atoms with van der Waals surface area (Å²) in [7, 11) is -5.19. The number of ether oxygens (including phenoxy) is 1. The number of carbonyl (C=O) groups is 1. The first kappa shape index (κ1) is 23.6. The van der Waals surface area contributed by atoms with Gasteiger partial charge < -0.3 is 24.9 Å². The van der Waals surface area contributed by atoms with E-state index in [1.54, 1.807) is 0 Å². The zero-order chi connectivity index (χ0) is 27.0. The summed E-state index contributed by atoms with van der Waals surface area (Å²) in [4.78, 5) is 21.5. The molecule has 0 radical (unpaired) electrons. The van der Waals surface area contributed by atoms with E-state index in [-0.39, 0.29) is 6.42 Å². The molecule has 0 saturated heterocycles. The van der Waals surface area contributed by atoms with Crippen molar-refractivity contribution in [3.05, 3.63) is 0 Å². The van der Waals surface area contributed by atoms with Crippen molar-refractivity contribution in [3.63, 3.8) is 0 Å². The smallest absolute Gasteiger partial charge is 0.463 e. The molecule has 0 heterocycles. The largest absolute Gasteiger partial charge is 0.472 e. The lowest BCUT2D eigenvalue weighted by molar-refractivity contribution is -0.147. The fourth-order valence-electron chi connectivity index (χ4n) is 2.68. The van der Waals surface area contributed by atoms with Crippen LogP contribution in [-0.4, -0.2) is 64.7 Å². The molecule has 0 fully saturated rings. The molecule has 0 aliphatic rings. The second kappa shape index (κ2) is 20.1. The van der Waals surface area contributed by atoms with Crippen LogP contribution >= 0.6 is 7.82 Å². The van der Waals surface area contributed by atoms with Gasteiger partial charge in [-0.1, -0.05) is 77.6 Å². The van der Waals surface area contributed by atoms with E-state index < -0.39 is 52.3 Å². The van der Waals surface area contributed by atoms with Crippen LogP contribution in [0.2, 0.25) is 0 Å². The predicted molar refractivity (Wildman–Crippen MR) is 117 cm³/mol. The van der Waals surface area contributed by atoms with Crippen molar-refractivity contribution in [1.29, 1.82) is 0 Å². The van der Waals surface area contributed by atoms with Crippen LogP contribution in [0.3, 0.4) is 0 Å². The summed E-state index contributed by atoms with van der Waals surface area (Å²) >= 11 is 0. The average Bonchev–Trinajstić information content (AvgIpc) is 2.76. The van der Waals surface area contributed by atoms with Crippen LogP contribution in [0.1, 0.15) is 95.9 Å². The monoisotopic (exact) mass is 474 g/mol. The Hall–Kier alpha value is -0.540. The van der Waals surface area contributed by atoms with Crippen molar-refractivity contribution in [1.82, 2.24) is 0 Å². The Kier molecular flexibility index (Phi) is 15.3. The van der Waals surface area contributed by atoms with Crippen molar-refractivity contribution in [2.45, 2.75) is 103 Å². The first-order valence-corrected chi connectivity index (χ1v) is 12.6. The van der Waals surface area contributed by atoms with Crippen LogP contribution in [0, 0.1) is 0 Å². The van der Waals surface area contributed by atoms with E-state index >= 15 is 0 Å². The van der Waals surface area contributed by atoms with Crippen LogP contribution < -0.4 is 0 Å². The van der Waals surface area contributed by atoms with Gasteiger partial charge in [-0.2, -0.15) is 0 Å². The third-order valence-electron chi connectivity index (χ3n) is 4.44. The summed E-state index contributed by atoms with van der Waals surface area (Å²) in [5.41, 5.74) is 0. The summed E-state index contributed by atoms with van der Waals surface area (Å²) in [5.74, 6) is -0.994. The Morgan fingerprint density at radius 1 is 0.871 bits per heavy atom. The standard InChI is InChI=1S/C21H43O9P/c1-2-3-4-5-6-7-8-9-10-11-12-13-14-21(25)28-16-20(24)18-30-31(26,27)29-17-19(23)15-22/h19-20,22-24H,2-18H2,1H3,(H,26,27)/t19?,20-/m1/s1/i16D2,18D2. The van der Waals surface area contributed by atoms with Crippen LogP contribution in [-0.2, 0) is 23.1 Å². The van der Waals surface area contributed by atoms with Gasteiger partial charge in [0.25, 0.3) is 0 Å². The van der Waals surface area contributed by atoms with Crippen molar-refractivity contribution >= 4 is 13.8 Å². The fourth-order valence-corrected chi connectivity index (χ4v) is 3.33. The maximum Gasteiger partial charge on any atom is 0.472 e. The van der Waals surface area contributed by atoms with E-state index in [2.05, 4.69) is 20.7 Å². The molecule has 0 aromatic heterocycles. The lowest BCUT2D eigenvalue weighted by Gasteiger charge is -2.16. The van der Waals surface area contributed by atoms with Gasteiger partial charge in [-0.3, -0.25) is 13.8 Å². The fraction of sp³-hybridized carbons (Fsp3) is 0.952. The Balaban J connectivity index is 4.26. The maximum atomic E-state index is 12.0. The van der Waals surface area contributed by atoms with Gasteiger partial charge in [0.05, 0.1) is 25.3 Å². The van der Waals surface area contributed by atoms with Crippen molar-refractivity contribution in [2.24, 2.45) is 0 Å². The number of carbonyl (C=O) groups excluding carboxylic acids is 1. The number of esters is 1. The lowest BCUT2D eigenvalue weighted by Crippen LogP contribution is -2.24. The SMILES string of the molecule is [2H]C([2H])(OC(=O)CCCCCCCCCCCCCC)[C@@H](O)C([2H])([2H])OP(=O)(O)OCC(O)CO. The molecular weight excluding hydrogens is 427 g/mol. The first-order valence-electron chi connectivity index (χ1n) is 13.1. The normalized spacial score (nSPS) is 18.2. The van der Waals surface area contributed by atoms with Crippen LogP contribution in [0.15, 0.2) is 0 Å². The minimum atomic E-state index is -5.19. The number of hydrogen-bond donors (Lipinski definition) is 4. The quantitative estimate of drug-likeness (QED) is 0.105. The predicted octanol–water partition coefficient (Wildman–Crippen LogP) is 3.47. The summed E-state index contributed by atoms with van der Waals surface area (Å²) in [5, 5.41) is 27.8. The lowest BCUT2D eigenvalue weighted by atomic mass is 10.0. The number of hydrogen-bond acceptors (Lipinski definition) is 8. The van der Waals surface area contributed by atoms with E-state index in [0.717, 1.165) is 25.7 Å². The Morgan fingerprint density at radius 3 is 1.90 bits per heavy atom. The second-order valence-corrected chi connectivity index (χ2v) is 8.82. The molecule has 0 aliphatic heterocycles. The number of unbranched alkanes of at least 4 members (excludes halogenated alkanes) is 11. The molecule has 9 nitrogen and oxygen atoms in total. The molecule has 0 aliphatic carbocycles. The van der Waals surface area contributed by atoms with E-state index in [1.165, 1.54) is 44.9 Å². The molecule has 3 atom stereocenters. The third-order valence-corrected chi connectivity index (χ3v) is 5.25. The topological polar surface area (TPSA) is 143 Å². The summed E-state index contributed by atoms with van der Waals surface area (Å²) in [6.07, 6.45) is 8.61. The number of phosphoric ester groups is 1. The van der Waals surface area contributed by atoms with Gasteiger partial charge in [-0.05, 0) is 6.42 Å². The minimum Gasteiger partial charge on any atom is -0.463 e. The van der Waals surface area contributed by atoms with E-state index in [1.807, 2.05) is 0 Å². The van der Waals surface area contributed by atoms with E-state index in [0.29, 0.717) is 6.42 Å². The van der Waals surface area contributed by atoms with E-state index in [4.69, 9.17) is 15.7 Å². The number of rotatable bonds is 22. The Labute approximate surface area is 192 Å². The van der Waals surface area contributed by atoms with Gasteiger partial charge in [-0.25, -0.2) is 4.57 Å². The molecule has 4 N–H and O–H groups in total. The van der Waals surface area contributed by atoms with Gasteiger partial charge in [0.2, 0.25) is 0 Å². The Morgan fingerprint density at radius 2 is 1.39 bits per heavy atom. The van der Waals surface area contributed by atoms with E-state index in [9.17, 15) is 19.4 Å². The highest BCUT2D eigenvalue weighted by Gasteiger charge is 2.24. The zero-order valence-corrected chi connectivity index (χ0v) is 19.4. The molecule has 0 saturated carbocycles. The maximum absolute atomic E-state index is 12.0. The number of aliphatic hydroxyl groups excluding tert-OH is 3. The zero-order valence-electron chi connectivity index (χ0n) is 22.5. The Bertz CT molecular complexity index is 626. The second-order valence-electron chi connectivity index (χ2n) is 7.44. The molecule has 0 aromatic rings. The molecule has 0 aromatic carbocycles. The molecule has 2 unspecified atom stereocenters. The van der Waals surface area contributed by atoms with Gasteiger partial charge in [0, 0.05) is 6.42 Å². The van der Waals surface area contributed by atoms with Gasteiger partial charge in [-0.15, -0.1) is 0 Å². The summed E-state index contributed by atoms with van der Waals surface area (Å²) in [6.45, 7) is -6.24. The highest BCUT2D eigenvalue weighted by atomic mass is 31.2. The molecular formula is C21H43O9P. The molecule has 0 bridgehead atoms. The third kappa shape index (κ3) is 21.1. The van der Waals surface area contributed by atoms with Crippen molar-refractivity contribution in [3.8, 4) is 0 Å². The average molecular weight is 475 g/mol. The van der Waals surface area contributed by atoms with Gasteiger partial charge in [0.1, 0.15) is 18.8 Å². The summed E-state index contributed by atoms with van der Waals surface area (Å²) in [6, 6.07) is 0. The molecule has 0 spiro atoms. The van der Waals surface area contributed by atoms with Crippen LogP contribution in [0.5, 0.6) is 0 Å². The molecule has 0 rings (SSSR count). The van der Waals surface area contributed by atoms with Gasteiger partial charge in [0.15, 0.2) is 0 Å². The van der Waals surface area contributed by atoms with Crippen molar-refractivity contribution < 1.29 is 48.8 Å².